The number of aryl methyl sites for hydroxylation is 3. The highest BCUT2D eigenvalue weighted by Gasteiger charge is 2.22. The van der Waals surface area contributed by atoms with Crippen molar-refractivity contribution in [3.8, 4) is 0 Å². The van der Waals surface area contributed by atoms with Crippen LogP contribution in [0, 0.1) is 19.8 Å². The molecule has 0 aliphatic heterocycles. The van der Waals surface area contributed by atoms with Crippen LogP contribution in [0.2, 0.25) is 0 Å². The lowest BCUT2D eigenvalue weighted by atomic mass is 10.0. The second-order valence-electron chi connectivity index (χ2n) is 5.67. The number of nitrogens with one attached hydrogen (secondary N) is 1. The van der Waals surface area contributed by atoms with Crippen LogP contribution in [-0.4, -0.2) is 34.8 Å². The van der Waals surface area contributed by atoms with Crippen LogP contribution in [0.15, 0.2) is 6.07 Å². The normalized spacial score (nSPS) is 12.3. The molecule has 1 heterocycles. The number of carbonyl (C=O) groups excluding carboxylic acids is 2. The fraction of sp³-hybridized carbons (Fsp3) is 0.667. The van der Waals surface area contributed by atoms with E-state index in [0.717, 1.165) is 11.4 Å². The van der Waals surface area contributed by atoms with Crippen LogP contribution in [0.25, 0.3) is 0 Å². The maximum absolute atomic E-state index is 12.0. The maximum Gasteiger partial charge on any atom is 0.328 e. The van der Waals surface area contributed by atoms with Crippen LogP contribution in [0.3, 0.4) is 0 Å². The molecule has 0 aliphatic rings. The van der Waals surface area contributed by atoms with E-state index < -0.39 is 12.0 Å². The molecule has 118 valence electrons. The summed E-state index contributed by atoms with van der Waals surface area (Å²) >= 11 is 0. The summed E-state index contributed by atoms with van der Waals surface area (Å²) < 4.78 is 6.52. The standard InChI is InChI=1S/C15H25N3O3/c1-10(2)8-13(15(20)21-5)16-14(19)6-7-18-12(4)9-11(3)17-18/h9-10,13H,6-8H2,1-5H3,(H,16,19). The first-order chi connectivity index (χ1) is 9.83. The largest absolute Gasteiger partial charge is 0.467 e. The van der Waals surface area contributed by atoms with Gasteiger partial charge in [-0.1, -0.05) is 13.8 Å². The van der Waals surface area contributed by atoms with Crippen molar-refractivity contribution >= 4 is 11.9 Å². The van der Waals surface area contributed by atoms with Gasteiger partial charge in [-0.15, -0.1) is 0 Å². The van der Waals surface area contributed by atoms with Crippen molar-refractivity contribution in [1.82, 2.24) is 15.1 Å². The Balaban J connectivity index is 2.53. The lowest BCUT2D eigenvalue weighted by Crippen LogP contribution is -2.42. The van der Waals surface area contributed by atoms with Gasteiger partial charge in [-0.25, -0.2) is 4.79 Å². The number of amides is 1. The van der Waals surface area contributed by atoms with E-state index in [2.05, 4.69) is 10.4 Å². The molecule has 1 aromatic heterocycles. The zero-order valence-electron chi connectivity index (χ0n) is 13.5. The molecule has 21 heavy (non-hydrogen) atoms. The molecular weight excluding hydrogens is 270 g/mol. The van der Waals surface area contributed by atoms with Crippen molar-refractivity contribution in [2.75, 3.05) is 7.11 Å². The average molecular weight is 295 g/mol. The van der Waals surface area contributed by atoms with E-state index in [-0.39, 0.29) is 12.3 Å². The van der Waals surface area contributed by atoms with Gasteiger partial charge in [0.25, 0.3) is 0 Å². The third-order valence-electron chi connectivity index (χ3n) is 3.18. The van der Waals surface area contributed by atoms with Crippen molar-refractivity contribution in [1.29, 1.82) is 0 Å². The molecule has 1 rings (SSSR count). The Hall–Kier alpha value is -1.85. The zero-order chi connectivity index (χ0) is 16.0. The van der Waals surface area contributed by atoms with Crippen LogP contribution in [-0.2, 0) is 20.9 Å². The van der Waals surface area contributed by atoms with E-state index in [1.54, 1.807) is 4.68 Å². The van der Waals surface area contributed by atoms with Gasteiger partial charge in [0, 0.05) is 18.7 Å². The van der Waals surface area contributed by atoms with Crippen LogP contribution < -0.4 is 5.32 Å². The summed E-state index contributed by atoms with van der Waals surface area (Å²) in [5.74, 6) is -0.271. The third-order valence-corrected chi connectivity index (χ3v) is 3.18. The first kappa shape index (κ1) is 17.2. The topological polar surface area (TPSA) is 73.2 Å². The Labute approximate surface area is 125 Å². The van der Waals surface area contributed by atoms with Gasteiger partial charge in [-0.2, -0.15) is 5.10 Å². The summed E-state index contributed by atoms with van der Waals surface area (Å²) in [5, 5.41) is 7.05. The molecule has 0 saturated heterocycles. The fourth-order valence-corrected chi connectivity index (χ4v) is 2.20. The second kappa shape index (κ2) is 7.81. The summed E-state index contributed by atoms with van der Waals surface area (Å²) in [6.07, 6.45) is 0.853. The molecule has 6 nitrogen and oxygen atoms in total. The SMILES string of the molecule is COC(=O)C(CC(C)C)NC(=O)CCn1nc(C)cc1C. The monoisotopic (exact) mass is 295 g/mol. The van der Waals surface area contributed by atoms with Crippen molar-refractivity contribution in [2.24, 2.45) is 5.92 Å². The summed E-state index contributed by atoms with van der Waals surface area (Å²) in [6.45, 7) is 8.37. The van der Waals surface area contributed by atoms with E-state index >= 15 is 0 Å². The molecule has 0 fully saturated rings. The Morgan fingerprint density at radius 3 is 2.52 bits per heavy atom. The highest BCUT2D eigenvalue weighted by Crippen LogP contribution is 2.07. The number of carbonyl (C=O) groups is 2. The number of nitrogens with zero attached hydrogens (tertiary/aromatic N) is 2. The van der Waals surface area contributed by atoms with E-state index in [9.17, 15) is 9.59 Å². The maximum atomic E-state index is 12.0. The summed E-state index contributed by atoms with van der Waals surface area (Å²) in [6, 6.07) is 1.39. The summed E-state index contributed by atoms with van der Waals surface area (Å²) in [7, 11) is 1.33. The van der Waals surface area contributed by atoms with Gasteiger partial charge in [0.2, 0.25) is 5.91 Å². The van der Waals surface area contributed by atoms with Gasteiger partial charge >= 0.3 is 5.97 Å². The first-order valence-corrected chi connectivity index (χ1v) is 7.21. The molecule has 1 amide bonds. The van der Waals surface area contributed by atoms with Crippen molar-refractivity contribution in [3.05, 3.63) is 17.5 Å². The number of hydrogen-bond acceptors (Lipinski definition) is 4. The predicted octanol–water partition coefficient (Wildman–Crippen LogP) is 1.59. The zero-order valence-corrected chi connectivity index (χ0v) is 13.5. The minimum Gasteiger partial charge on any atom is -0.467 e. The molecule has 0 radical (unpaired) electrons. The van der Waals surface area contributed by atoms with Crippen LogP contribution in [0.1, 0.15) is 38.1 Å². The highest BCUT2D eigenvalue weighted by molar-refractivity contribution is 5.84. The lowest BCUT2D eigenvalue weighted by Gasteiger charge is -2.18. The molecule has 0 spiro atoms. The smallest absolute Gasteiger partial charge is 0.328 e. The molecule has 1 aromatic rings. The van der Waals surface area contributed by atoms with Gasteiger partial charge in [0.15, 0.2) is 0 Å². The summed E-state index contributed by atoms with van der Waals surface area (Å²) in [5.41, 5.74) is 1.95. The van der Waals surface area contributed by atoms with Gasteiger partial charge < -0.3 is 10.1 Å². The Morgan fingerprint density at radius 1 is 1.38 bits per heavy atom. The number of rotatable bonds is 7. The van der Waals surface area contributed by atoms with Gasteiger partial charge in [0.05, 0.1) is 12.8 Å². The van der Waals surface area contributed by atoms with E-state index in [4.69, 9.17) is 4.74 Å². The van der Waals surface area contributed by atoms with Crippen LogP contribution in [0.4, 0.5) is 0 Å². The number of methoxy groups -OCH3 is 1. The number of esters is 1. The number of hydrogen-bond donors (Lipinski definition) is 1. The molecule has 1 N–H and O–H groups in total. The minimum atomic E-state index is -0.581. The van der Waals surface area contributed by atoms with Crippen molar-refractivity contribution < 1.29 is 14.3 Å². The molecule has 1 atom stereocenters. The van der Waals surface area contributed by atoms with E-state index in [1.165, 1.54) is 7.11 Å². The number of ether oxygens (including phenoxy) is 1. The molecule has 6 heteroatoms. The van der Waals surface area contributed by atoms with Gasteiger partial charge in [-0.05, 0) is 32.3 Å². The van der Waals surface area contributed by atoms with E-state index in [1.807, 2.05) is 33.8 Å². The fourth-order valence-electron chi connectivity index (χ4n) is 2.20. The highest BCUT2D eigenvalue weighted by atomic mass is 16.5. The lowest BCUT2D eigenvalue weighted by molar-refractivity contribution is -0.145. The minimum absolute atomic E-state index is 0.168. The van der Waals surface area contributed by atoms with E-state index in [0.29, 0.717) is 18.9 Å². The van der Waals surface area contributed by atoms with Crippen molar-refractivity contribution in [3.63, 3.8) is 0 Å². The summed E-state index contributed by atoms with van der Waals surface area (Å²) in [4.78, 5) is 23.6. The molecule has 0 aromatic carbocycles. The van der Waals surface area contributed by atoms with Gasteiger partial charge in [0.1, 0.15) is 6.04 Å². The average Bonchev–Trinajstić information content (AvgIpc) is 2.72. The predicted molar refractivity (Wildman–Crippen MR) is 79.7 cm³/mol. The molecular formula is C15H25N3O3. The Morgan fingerprint density at radius 2 is 2.05 bits per heavy atom. The van der Waals surface area contributed by atoms with Gasteiger partial charge in [-0.3, -0.25) is 9.48 Å². The number of aromatic nitrogens is 2. The first-order valence-electron chi connectivity index (χ1n) is 7.21. The second-order valence-corrected chi connectivity index (χ2v) is 5.67. The third kappa shape index (κ3) is 5.57. The quantitative estimate of drug-likeness (QED) is 0.775. The Bertz CT molecular complexity index is 494. The molecule has 0 saturated carbocycles. The molecule has 0 bridgehead atoms. The van der Waals surface area contributed by atoms with Crippen LogP contribution >= 0.6 is 0 Å². The van der Waals surface area contributed by atoms with Crippen molar-refractivity contribution in [2.45, 2.75) is 53.1 Å². The Kier molecular flexibility index (Phi) is 6.39. The molecule has 1 unspecified atom stereocenters. The van der Waals surface area contributed by atoms with Crippen LogP contribution in [0.5, 0.6) is 0 Å². The molecule has 0 aliphatic carbocycles.